The molecule has 188 valence electrons. The second kappa shape index (κ2) is 11.7. The van der Waals surface area contributed by atoms with Crippen LogP contribution in [0.4, 0.5) is 10.5 Å². The Labute approximate surface area is 210 Å². The van der Waals surface area contributed by atoms with Gasteiger partial charge in [0.15, 0.2) is 0 Å². The average Bonchev–Trinajstić information content (AvgIpc) is 3.40. The van der Waals surface area contributed by atoms with E-state index in [1.54, 1.807) is 0 Å². The molecule has 3 amide bonds. The highest BCUT2D eigenvalue weighted by Gasteiger charge is 2.38. The van der Waals surface area contributed by atoms with E-state index >= 15 is 0 Å². The third-order valence-corrected chi connectivity index (χ3v) is 7.56. The zero-order chi connectivity index (χ0) is 24.8. The van der Waals surface area contributed by atoms with Crippen LogP contribution in [0.5, 0.6) is 0 Å². The minimum absolute atomic E-state index is 0.0631. The lowest BCUT2D eigenvalue weighted by molar-refractivity contribution is -0.139. The molecule has 35 heavy (non-hydrogen) atoms. The number of urea groups is 1. The second-order valence-electron chi connectivity index (χ2n) is 10.4. The number of amides is 3. The quantitative estimate of drug-likeness (QED) is 0.599. The number of likely N-dealkylation sites (N-methyl/N-ethyl adjacent to an activating group) is 1. The molecular formula is C29H40N4O2. The predicted octanol–water partition coefficient (Wildman–Crippen LogP) is 5.18. The monoisotopic (exact) mass is 476 g/mol. The summed E-state index contributed by atoms with van der Waals surface area (Å²) in [4.78, 5) is 32.6. The smallest absolute Gasteiger partial charge is 0.321 e. The molecule has 4 rings (SSSR count). The summed E-state index contributed by atoms with van der Waals surface area (Å²) in [7, 11) is 1.92. The Bertz CT molecular complexity index is 962. The number of nitrogens with one attached hydrogen (secondary N) is 1. The van der Waals surface area contributed by atoms with Crippen LogP contribution in [0.3, 0.4) is 0 Å². The Hall–Kier alpha value is -2.86. The molecule has 1 N–H and O–H groups in total. The van der Waals surface area contributed by atoms with Crippen LogP contribution < -0.4 is 5.32 Å². The predicted molar refractivity (Wildman–Crippen MR) is 141 cm³/mol. The van der Waals surface area contributed by atoms with Crippen molar-refractivity contribution < 1.29 is 9.59 Å². The van der Waals surface area contributed by atoms with Crippen LogP contribution >= 0.6 is 0 Å². The molecule has 0 aromatic heterocycles. The van der Waals surface area contributed by atoms with Crippen molar-refractivity contribution in [2.45, 2.75) is 58.0 Å². The first-order valence-electron chi connectivity index (χ1n) is 13.1. The first kappa shape index (κ1) is 25.2. The van der Waals surface area contributed by atoms with Gasteiger partial charge in [0.2, 0.25) is 5.91 Å². The summed E-state index contributed by atoms with van der Waals surface area (Å²) in [6.45, 7) is 7.67. The van der Waals surface area contributed by atoms with Gasteiger partial charge in [0.05, 0.1) is 6.04 Å². The first-order valence-corrected chi connectivity index (χ1v) is 13.1. The maximum atomic E-state index is 13.7. The molecule has 6 heteroatoms. The molecule has 1 aliphatic carbocycles. The zero-order valence-electron chi connectivity index (χ0n) is 21.5. The van der Waals surface area contributed by atoms with E-state index in [0.717, 1.165) is 37.2 Å². The molecule has 1 saturated heterocycles. The van der Waals surface area contributed by atoms with E-state index in [4.69, 9.17) is 0 Å². The fourth-order valence-corrected chi connectivity index (χ4v) is 5.45. The van der Waals surface area contributed by atoms with Crippen molar-refractivity contribution in [2.24, 2.45) is 5.92 Å². The van der Waals surface area contributed by atoms with Gasteiger partial charge in [0.25, 0.3) is 0 Å². The highest BCUT2D eigenvalue weighted by Crippen LogP contribution is 2.32. The third kappa shape index (κ3) is 6.43. The van der Waals surface area contributed by atoms with E-state index in [1.165, 1.54) is 18.4 Å². The van der Waals surface area contributed by atoms with Crippen LogP contribution in [-0.2, 0) is 11.3 Å². The molecule has 1 saturated carbocycles. The van der Waals surface area contributed by atoms with Crippen LogP contribution in [0.25, 0.3) is 0 Å². The van der Waals surface area contributed by atoms with Gasteiger partial charge in [0, 0.05) is 45.5 Å². The minimum atomic E-state index is -0.0972. The molecule has 1 atom stereocenters. The fourth-order valence-electron chi connectivity index (χ4n) is 5.45. The lowest BCUT2D eigenvalue weighted by Crippen LogP contribution is -2.58. The summed E-state index contributed by atoms with van der Waals surface area (Å²) in [5, 5.41) is 3.04. The minimum Gasteiger partial charge on any atom is -0.340 e. The summed E-state index contributed by atoms with van der Waals surface area (Å²) in [6, 6.07) is 18.1. The second-order valence-corrected chi connectivity index (χ2v) is 10.4. The molecule has 2 aromatic rings. The van der Waals surface area contributed by atoms with Crippen LogP contribution in [0.15, 0.2) is 54.6 Å². The molecule has 1 aliphatic heterocycles. The van der Waals surface area contributed by atoms with Gasteiger partial charge >= 0.3 is 6.03 Å². The van der Waals surface area contributed by atoms with Gasteiger partial charge in [-0.05, 0) is 47.9 Å². The molecule has 0 radical (unpaired) electrons. The van der Waals surface area contributed by atoms with Crippen LogP contribution in [0.2, 0.25) is 0 Å². The van der Waals surface area contributed by atoms with Crippen molar-refractivity contribution in [2.75, 3.05) is 38.5 Å². The van der Waals surface area contributed by atoms with Crippen molar-refractivity contribution in [3.63, 3.8) is 0 Å². The number of carbonyl (C=O) groups excluding carboxylic acids is 2. The van der Waals surface area contributed by atoms with Gasteiger partial charge < -0.3 is 15.1 Å². The van der Waals surface area contributed by atoms with Crippen LogP contribution in [0, 0.1) is 5.92 Å². The average molecular weight is 477 g/mol. The number of hydrogen-bond acceptors (Lipinski definition) is 3. The summed E-state index contributed by atoms with van der Waals surface area (Å²) in [5.41, 5.74) is 3.23. The summed E-state index contributed by atoms with van der Waals surface area (Å²) in [6.07, 6.45) is 4.63. The Morgan fingerprint density at radius 3 is 2.17 bits per heavy atom. The van der Waals surface area contributed by atoms with Crippen molar-refractivity contribution >= 4 is 17.6 Å². The van der Waals surface area contributed by atoms with Crippen molar-refractivity contribution in [3.05, 3.63) is 65.7 Å². The molecule has 1 heterocycles. The van der Waals surface area contributed by atoms with E-state index in [1.807, 2.05) is 47.2 Å². The Balaban J connectivity index is 1.36. The molecule has 0 bridgehead atoms. The van der Waals surface area contributed by atoms with Gasteiger partial charge in [-0.15, -0.1) is 0 Å². The van der Waals surface area contributed by atoms with E-state index in [9.17, 15) is 9.59 Å². The molecule has 2 aromatic carbocycles. The van der Waals surface area contributed by atoms with Crippen molar-refractivity contribution in [1.82, 2.24) is 14.7 Å². The standard InChI is InChI=1S/C29H40N4O2/c1-22(2)24-13-15-26(16-14-24)30-29(35)33-19-17-32(18-20-33)27(25-11-7-8-12-25)28(34)31(3)21-23-9-5-4-6-10-23/h4-6,9-10,13-16,22,25,27H,7-8,11-12,17-21H2,1-3H3,(H,30,35). The van der Waals surface area contributed by atoms with Gasteiger partial charge in [-0.25, -0.2) is 4.79 Å². The number of hydrogen-bond donors (Lipinski definition) is 1. The highest BCUT2D eigenvalue weighted by molar-refractivity contribution is 5.89. The Morgan fingerprint density at radius 2 is 1.57 bits per heavy atom. The number of anilines is 1. The van der Waals surface area contributed by atoms with Gasteiger partial charge in [-0.3, -0.25) is 9.69 Å². The number of piperazine rings is 1. The molecule has 2 aliphatic rings. The van der Waals surface area contributed by atoms with E-state index < -0.39 is 0 Å². The van der Waals surface area contributed by atoms with Gasteiger partial charge in [-0.2, -0.15) is 0 Å². The van der Waals surface area contributed by atoms with E-state index in [0.29, 0.717) is 31.5 Å². The molecule has 6 nitrogen and oxygen atoms in total. The first-order chi connectivity index (χ1) is 16.9. The van der Waals surface area contributed by atoms with E-state index in [2.05, 4.69) is 48.3 Å². The van der Waals surface area contributed by atoms with Crippen LogP contribution in [-0.4, -0.2) is 65.9 Å². The zero-order valence-corrected chi connectivity index (χ0v) is 21.5. The van der Waals surface area contributed by atoms with Crippen molar-refractivity contribution in [1.29, 1.82) is 0 Å². The van der Waals surface area contributed by atoms with Crippen molar-refractivity contribution in [3.8, 4) is 0 Å². The number of nitrogens with zero attached hydrogens (tertiary/aromatic N) is 3. The Kier molecular flexibility index (Phi) is 8.45. The molecule has 2 fully saturated rings. The SMILES string of the molecule is CC(C)c1ccc(NC(=O)N2CCN(C(C(=O)N(C)Cc3ccccc3)C3CCCC3)CC2)cc1. The number of benzene rings is 2. The summed E-state index contributed by atoms with van der Waals surface area (Å²) in [5.74, 6) is 1.08. The van der Waals surface area contributed by atoms with E-state index in [-0.39, 0.29) is 18.0 Å². The number of carbonyl (C=O) groups is 2. The molecular weight excluding hydrogens is 436 g/mol. The maximum Gasteiger partial charge on any atom is 0.321 e. The summed E-state index contributed by atoms with van der Waals surface area (Å²) >= 11 is 0. The van der Waals surface area contributed by atoms with Crippen LogP contribution in [0.1, 0.15) is 56.6 Å². The summed E-state index contributed by atoms with van der Waals surface area (Å²) < 4.78 is 0. The maximum absolute atomic E-state index is 13.7. The lowest BCUT2D eigenvalue weighted by Gasteiger charge is -2.42. The molecule has 1 unspecified atom stereocenters. The fraction of sp³-hybridized carbons (Fsp3) is 0.517. The normalized spacial score (nSPS) is 18.0. The highest BCUT2D eigenvalue weighted by atomic mass is 16.2. The van der Waals surface area contributed by atoms with Gasteiger partial charge in [0.1, 0.15) is 0 Å². The largest absolute Gasteiger partial charge is 0.340 e. The van der Waals surface area contributed by atoms with Gasteiger partial charge in [-0.1, -0.05) is 69.2 Å². The lowest BCUT2D eigenvalue weighted by atomic mass is 9.94. The number of rotatable bonds is 7. The Morgan fingerprint density at radius 1 is 0.943 bits per heavy atom. The third-order valence-electron chi connectivity index (χ3n) is 7.56. The molecule has 0 spiro atoms. The topological polar surface area (TPSA) is 55.9 Å².